The van der Waals surface area contributed by atoms with E-state index in [9.17, 15) is 0 Å². The molecule has 21 heavy (non-hydrogen) atoms. The van der Waals surface area contributed by atoms with Crippen molar-refractivity contribution in [1.29, 1.82) is 0 Å². The van der Waals surface area contributed by atoms with Crippen LogP contribution in [0.5, 0.6) is 0 Å². The van der Waals surface area contributed by atoms with Crippen LogP contribution in [-0.2, 0) is 5.41 Å². The quantitative estimate of drug-likeness (QED) is 0.564. The Kier molecular flexibility index (Phi) is 5.16. The van der Waals surface area contributed by atoms with Crippen LogP contribution in [-0.4, -0.2) is 0 Å². The van der Waals surface area contributed by atoms with E-state index in [0.717, 1.165) is 12.8 Å². The van der Waals surface area contributed by atoms with Crippen LogP contribution in [0.2, 0.25) is 0 Å². The lowest BCUT2D eigenvalue weighted by Crippen LogP contribution is -2.34. The molecular formula is C21H24. The molecule has 0 saturated heterocycles. The Bertz CT molecular complexity index is 526. The molecule has 0 amide bonds. The molecule has 0 bridgehead atoms. The lowest BCUT2D eigenvalue weighted by Gasteiger charge is -2.40. The minimum atomic E-state index is -0.0432. The standard InChI is InChI=1S/C21H24/c1-4-12-18(3)21(17-5-2,19-13-8-6-9-14-19)20-15-10-7-11-16-20/h4-11,13-16,18H,1-2,12,17H2,3H3. The van der Waals surface area contributed by atoms with Crippen LogP contribution in [0.3, 0.4) is 0 Å². The fraction of sp³-hybridized carbons (Fsp3) is 0.238. The molecule has 2 aromatic carbocycles. The molecule has 0 saturated carbocycles. The molecule has 0 fully saturated rings. The first-order valence-corrected chi connectivity index (χ1v) is 7.58. The van der Waals surface area contributed by atoms with E-state index in [1.807, 2.05) is 12.2 Å². The molecule has 1 unspecified atom stereocenters. The van der Waals surface area contributed by atoms with Gasteiger partial charge in [-0.15, -0.1) is 13.2 Å². The van der Waals surface area contributed by atoms with E-state index in [-0.39, 0.29) is 5.41 Å². The summed E-state index contributed by atoms with van der Waals surface area (Å²) < 4.78 is 0. The molecule has 0 heteroatoms. The second-order valence-electron chi connectivity index (χ2n) is 5.62. The van der Waals surface area contributed by atoms with Gasteiger partial charge in [0.05, 0.1) is 0 Å². The Labute approximate surface area is 128 Å². The van der Waals surface area contributed by atoms with Gasteiger partial charge in [0.1, 0.15) is 0 Å². The summed E-state index contributed by atoms with van der Waals surface area (Å²) in [7, 11) is 0. The molecule has 2 rings (SSSR count). The van der Waals surface area contributed by atoms with Crippen molar-refractivity contribution >= 4 is 0 Å². The number of benzene rings is 2. The van der Waals surface area contributed by atoms with Gasteiger partial charge in [0.2, 0.25) is 0 Å². The summed E-state index contributed by atoms with van der Waals surface area (Å²) in [6, 6.07) is 21.6. The lowest BCUT2D eigenvalue weighted by atomic mass is 9.63. The van der Waals surface area contributed by atoms with Crippen molar-refractivity contribution in [2.24, 2.45) is 5.92 Å². The van der Waals surface area contributed by atoms with Crippen LogP contribution in [0, 0.1) is 5.92 Å². The third-order valence-corrected chi connectivity index (χ3v) is 4.41. The number of rotatable bonds is 7. The minimum absolute atomic E-state index is 0.0432. The Morgan fingerprint density at radius 1 is 0.857 bits per heavy atom. The summed E-state index contributed by atoms with van der Waals surface area (Å²) in [4.78, 5) is 0. The zero-order valence-corrected chi connectivity index (χ0v) is 12.8. The Balaban J connectivity index is 2.65. The van der Waals surface area contributed by atoms with Crippen molar-refractivity contribution in [3.8, 4) is 0 Å². The molecular weight excluding hydrogens is 252 g/mol. The highest BCUT2D eigenvalue weighted by molar-refractivity contribution is 5.41. The highest BCUT2D eigenvalue weighted by Gasteiger charge is 2.37. The second kappa shape index (κ2) is 7.08. The zero-order valence-electron chi connectivity index (χ0n) is 12.8. The van der Waals surface area contributed by atoms with Gasteiger partial charge in [-0.1, -0.05) is 79.7 Å². The first kappa shape index (κ1) is 15.3. The maximum atomic E-state index is 4.01. The van der Waals surface area contributed by atoms with Gasteiger partial charge >= 0.3 is 0 Å². The van der Waals surface area contributed by atoms with Crippen molar-refractivity contribution in [3.63, 3.8) is 0 Å². The lowest BCUT2D eigenvalue weighted by molar-refractivity contribution is 0.349. The zero-order chi connectivity index (χ0) is 15.1. The number of allylic oxidation sites excluding steroid dienone is 2. The van der Waals surface area contributed by atoms with Crippen LogP contribution < -0.4 is 0 Å². The predicted octanol–water partition coefficient (Wildman–Crippen LogP) is 5.76. The Hall–Kier alpha value is -2.08. The van der Waals surface area contributed by atoms with Crippen LogP contribution in [0.4, 0.5) is 0 Å². The van der Waals surface area contributed by atoms with E-state index in [2.05, 4.69) is 80.7 Å². The van der Waals surface area contributed by atoms with E-state index in [0.29, 0.717) is 5.92 Å². The average Bonchev–Trinajstić information content (AvgIpc) is 2.54. The highest BCUT2D eigenvalue weighted by Crippen LogP contribution is 2.44. The second-order valence-corrected chi connectivity index (χ2v) is 5.62. The maximum Gasteiger partial charge on any atom is 0.0265 e. The molecule has 0 aliphatic heterocycles. The molecule has 2 aromatic rings. The molecule has 0 spiro atoms. The van der Waals surface area contributed by atoms with Gasteiger partial charge in [0.15, 0.2) is 0 Å². The van der Waals surface area contributed by atoms with Gasteiger partial charge in [0.25, 0.3) is 0 Å². The smallest absolute Gasteiger partial charge is 0.0265 e. The van der Waals surface area contributed by atoms with Crippen molar-refractivity contribution in [1.82, 2.24) is 0 Å². The van der Waals surface area contributed by atoms with Gasteiger partial charge in [-0.05, 0) is 29.9 Å². The van der Waals surface area contributed by atoms with Crippen LogP contribution in [0.15, 0.2) is 86.0 Å². The van der Waals surface area contributed by atoms with E-state index < -0.39 is 0 Å². The topological polar surface area (TPSA) is 0 Å². The summed E-state index contributed by atoms with van der Waals surface area (Å²) in [6.07, 6.45) is 5.97. The molecule has 0 aromatic heterocycles. The van der Waals surface area contributed by atoms with Gasteiger partial charge < -0.3 is 0 Å². The number of hydrogen-bond acceptors (Lipinski definition) is 0. The first-order chi connectivity index (χ1) is 10.3. The Morgan fingerprint density at radius 3 is 1.71 bits per heavy atom. The molecule has 0 aliphatic carbocycles. The fourth-order valence-corrected chi connectivity index (χ4v) is 3.32. The molecule has 0 radical (unpaired) electrons. The first-order valence-electron chi connectivity index (χ1n) is 7.58. The van der Waals surface area contributed by atoms with Crippen LogP contribution in [0.1, 0.15) is 30.9 Å². The van der Waals surface area contributed by atoms with Gasteiger partial charge in [0, 0.05) is 5.41 Å². The van der Waals surface area contributed by atoms with Gasteiger partial charge in [-0.3, -0.25) is 0 Å². The third kappa shape index (κ3) is 3.00. The van der Waals surface area contributed by atoms with Crippen molar-refractivity contribution in [2.45, 2.75) is 25.2 Å². The monoisotopic (exact) mass is 276 g/mol. The van der Waals surface area contributed by atoms with E-state index in [4.69, 9.17) is 0 Å². The van der Waals surface area contributed by atoms with Gasteiger partial charge in [-0.25, -0.2) is 0 Å². The minimum Gasteiger partial charge on any atom is -0.103 e. The summed E-state index contributed by atoms with van der Waals surface area (Å²) in [5, 5.41) is 0. The van der Waals surface area contributed by atoms with E-state index in [1.165, 1.54) is 11.1 Å². The third-order valence-electron chi connectivity index (χ3n) is 4.41. The van der Waals surface area contributed by atoms with Crippen molar-refractivity contribution < 1.29 is 0 Å². The normalized spacial score (nSPS) is 12.6. The van der Waals surface area contributed by atoms with Crippen molar-refractivity contribution in [3.05, 3.63) is 97.1 Å². The van der Waals surface area contributed by atoms with E-state index in [1.54, 1.807) is 0 Å². The van der Waals surface area contributed by atoms with Gasteiger partial charge in [-0.2, -0.15) is 0 Å². The molecule has 0 nitrogen and oxygen atoms in total. The summed E-state index contributed by atoms with van der Waals surface area (Å²) >= 11 is 0. The predicted molar refractivity (Wildman–Crippen MR) is 92.5 cm³/mol. The summed E-state index contributed by atoms with van der Waals surface area (Å²) in [5.41, 5.74) is 2.66. The molecule has 0 N–H and O–H groups in total. The van der Waals surface area contributed by atoms with Crippen LogP contribution >= 0.6 is 0 Å². The highest BCUT2D eigenvalue weighted by atomic mass is 14.4. The average molecular weight is 276 g/mol. The fourth-order valence-electron chi connectivity index (χ4n) is 3.32. The number of hydrogen-bond donors (Lipinski definition) is 0. The van der Waals surface area contributed by atoms with E-state index >= 15 is 0 Å². The SMILES string of the molecule is C=CCC(C)C(CC=C)(c1ccccc1)c1ccccc1. The van der Waals surface area contributed by atoms with Crippen LogP contribution in [0.25, 0.3) is 0 Å². The summed E-state index contributed by atoms with van der Waals surface area (Å²) in [6.45, 7) is 10.3. The summed E-state index contributed by atoms with van der Waals surface area (Å²) in [5.74, 6) is 0.456. The maximum absolute atomic E-state index is 4.01. The molecule has 0 heterocycles. The largest absolute Gasteiger partial charge is 0.103 e. The molecule has 1 atom stereocenters. The van der Waals surface area contributed by atoms with Crippen molar-refractivity contribution in [2.75, 3.05) is 0 Å². The molecule has 0 aliphatic rings. The Morgan fingerprint density at radius 2 is 1.33 bits per heavy atom. The molecule has 108 valence electrons.